The Morgan fingerprint density at radius 1 is 0.574 bits per heavy atom. The largest absolute Gasteiger partial charge is 0.396 e. The Balaban J connectivity index is 0. The number of rotatable bonds is 4. The van der Waals surface area contributed by atoms with Gasteiger partial charge in [0.1, 0.15) is 23.8 Å². The van der Waals surface area contributed by atoms with Crippen molar-refractivity contribution in [3.63, 3.8) is 0 Å². The molecule has 6 heterocycles. The highest BCUT2D eigenvalue weighted by Crippen LogP contribution is 2.31. The lowest BCUT2D eigenvalue weighted by atomic mass is 10.2. The first kappa shape index (κ1) is 51.5. The number of halogens is 1. The van der Waals surface area contributed by atoms with E-state index in [1.54, 1.807) is 18.6 Å². The Morgan fingerprint density at radius 2 is 0.944 bits per heavy atom. The molecule has 306 valence electrons. The molecule has 3 aromatic heterocycles. The van der Waals surface area contributed by atoms with Gasteiger partial charge in [-0.25, -0.2) is 0 Å². The van der Waals surface area contributed by atoms with Crippen molar-refractivity contribution < 1.29 is 9.85 Å². The van der Waals surface area contributed by atoms with Crippen molar-refractivity contribution in [2.24, 2.45) is 0 Å². The van der Waals surface area contributed by atoms with Crippen LogP contribution in [0, 0.1) is 20.2 Å². The van der Waals surface area contributed by atoms with Crippen LogP contribution in [-0.2, 0) is 0 Å². The van der Waals surface area contributed by atoms with Crippen LogP contribution < -0.4 is 38.1 Å². The predicted octanol–water partition coefficient (Wildman–Crippen LogP) is 3.72. The fourth-order valence-corrected chi connectivity index (χ4v) is 5.35. The zero-order valence-corrected chi connectivity index (χ0v) is 30.3. The number of hydrogen-bond donors (Lipinski definition) is 5. The standard InChI is InChI=1S/C10H15N5O2.C10H17N5.C5H4BrN3O2.C5H12N2.4CH4/c1-13-2-4-14(5-3-13)8-6-12-7-9(10(8)11)15(16)17;1-14-2-4-15(5-3-14)9-7-13-6-8(11)10(9)12;6-3-1-8-2-4(5(3)7)9(10)11;1-7-4-2-6-3-5-7;;;;/h6-7H,2-5H2,1H3,(H2,11,12);6-7H,2-5,11H2,1H3,(H2,12,13);1-2H,(H2,7,8);6H,2-5H2,1H3;4*1H4. The lowest BCUT2D eigenvalue weighted by molar-refractivity contribution is -0.384. The van der Waals surface area contributed by atoms with Gasteiger partial charge in [0.2, 0.25) is 0 Å². The molecule has 3 saturated heterocycles. The Morgan fingerprint density at radius 3 is 1.33 bits per heavy atom. The number of anilines is 6. The topological polar surface area (TPSA) is 257 Å². The minimum atomic E-state index is -0.576. The Labute approximate surface area is 329 Å². The molecule has 0 atom stereocenters. The highest BCUT2D eigenvalue weighted by Gasteiger charge is 2.22. The molecule has 9 N–H and O–H groups in total. The first-order valence-electron chi connectivity index (χ1n) is 16.0. The molecule has 0 radical (unpaired) electrons. The fraction of sp³-hybridized carbons (Fsp3) is 0.559. The Kier molecular flexibility index (Phi) is 24.2. The van der Waals surface area contributed by atoms with Crippen LogP contribution in [-0.4, -0.2) is 139 Å². The Hall–Kier alpha value is -4.63. The lowest BCUT2D eigenvalue weighted by Crippen LogP contribution is -2.44. The van der Waals surface area contributed by atoms with E-state index in [2.05, 4.69) is 69.9 Å². The highest BCUT2D eigenvalue weighted by atomic mass is 79.9. The first-order chi connectivity index (χ1) is 23.8. The molecule has 0 bridgehead atoms. The van der Waals surface area contributed by atoms with E-state index < -0.39 is 9.85 Å². The molecule has 0 spiro atoms. The summed E-state index contributed by atoms with van der Waals surface area (Å²) in [5.41, 5.74) is 25.7. The summed E-state index contributed by atoms with van der Waals surface area (Å²) in [5, 5.41) is 24.3. The summed E-state index contributed by atoms with van der Waals surface area (Å²) in [7, 11) is 6.32. The summed E-state index contributed by atoms with van der Waals surface area (Å²) < 4.78 is 0.437. The van der Waals surface area contributed by atoms with Gasteiger partial charge in [-0.15, -0.1) is 0 Å². The van der Waals surface area contributed by atoms with Crippen molar-refractivity contribution in [1.82, 2.24) is 35.0 Å². The first-order valence-corrected chi connectivity index (χ1v) is 16.8. The van der Waals surface area contributed by atoms with E-state index in [0.29, 0.717) is 21.5 Å². The molecule has 3 fully saturated rings. The number of piperazine rings is 3. The van der Waals surface area contributed by atoms with E-state index in [0.717, 1.165) is 77.3 Å². The maximum absolute atomic E-state index is 10.8. The number of aromatic nitrogens is 3. The molecule has 0 amide bonds. The monoisotopic (exact) mass is 825 g/mol. The molecule has 0 aliphatic carbocycles. The number of likely N-dealkylation sites (N-methyl/N-ethyl adjacent to an activating group) is 3. The number of pyridine rings is 3. The van der Waals surface area contributed by atoms with E-state index in [1.165, 1.54) is 25.5 Å². The Bertz CT molecular complexity index is 1550. The van der Waals surface area contributed by atoms with Gasteiger partial charge in [-0.3, -0.25) is 35.2 Å². The molecule has 54 heavy (non-hydrogen) atoms. The molecule has 0 aromatic carbocycles. The van der Waals surface area contributed by atoms with Crippen molar-refractivity contribution in [2.45, 2.75) is 29.7 Å². The molecular formula is C34H64BrN15O4. The van der Waals surface area contributed by atoms with E-state index in [1.807, 2.05) is 11.9 Å². The second kappa shape index (κ2) is 25.4. The van der Waals surface area contributed by atoms with Gasteiger partial charge in [-0.05, 0) is 37.1 Å². The number of hydrogen-bond acceptors (Lipinski definition) is 17. The van der Waals surface area contributed by atoms with E-state index >= 15 is 0 Å². The third-order valence-corrected chi connectivity index (χ3v) is 8.91. The van der Waals surface area contributed by atoms with E-state index in [9.17, 15) is 20.2 Å². The van der Waals surface area contributed by atoms with Gasteiger partial charge in [0.25, 0.3) is 0 Å². The predicted molar refractivity (Wildman–Crippen MR) is 228 cm³/mol. The van der Waals surface area contributed by atoms with Crippen molar-refractivity contribution in [2.75, 3.05) is 132 Å². The zero-order valence-electron chi connectivity index (χ0n) is 28.7. The van der Waals surface area contributed by atoms with Crippen LogP contribution in [0.3, 0.4) is 0 Å². The summed E-state index contributed by atoms with van der Waals surface area (Å²) in [4.78, 5) is 42.6. The van der Waals surface area contributed by atoms with Crippen LogP contribution in [0.2, 0.25) is 0 Å². The number of nitro groups is 2. The van der Waals surface area contributed by atoms with Crippen LogP contribution in [0.4, 0.5) is 45.5 Å². The fourth-order valence-electron chi connectivity index (χ4n) is 5.02. The molecule has 0 saturated carbocycles. The normalized spacial score (nSPS) is 15.6. The SMILES string of the molecule is C.C.C.C.CN1CCN(c2cncc(N)c2N)CC1.CN1CCN(c2cncc([N+](=O)[O-])c2N)CC1.CN1CCNCC1.Nc1c(Br)cncc1[N+](=O)[O-]. The maximum atomic E-state index is 10.8. The summed E-state index contributed by atoms with van der Waals surface area (Å²) in [5.74, 6) is 0. The van der Waals surface area contributed by atoms with Crippen LogP contribution >= 0.6 is 15.9 Å². The molecule has 0 unspecified atom stereocenters. The van der Waals surface area contributed by atoms with Crippen molar-refractivity contribution >= 4 is 61.4 Å². The van der Waals surface area contributed by atoms with Crippen molar-refractivity contribution in [3.05, 3.63) is 61.9 Å². The highest BCUT2D eigenvalue weighted by molar-refractivity contribution is 9.10. The quantitative estimate of drug-likeness (QED) is 0.185. The molecule has 3 aliphatic rings. The van der Waals surface area contributed by atoms with Gasteiger partial charge in [0, 0.05) is 84.7 Å². The van der Waals surface area contributed by atoms with Gasteiger partial charge in [-0.2, -0.15) is 0 Å². The summed E-state index contributed by atoms with van der Waals surface area (Å²) >= 11 is 3.02. The number of nitrogens with two attached hydrogens (primary N) is 4. The van der Waals surface area contributed by atoms with E-state index in [4.69, 9.17) is 22.9 Å². The van der Waals surface area contributed by atoms with Gasteiger partial charge in [0.15, 0.2) is 0 Å². The maximum Gasteiger partial charge on any atom is 0.312 e. The molecule has 3 aromatic rings. The third kappa shape index (κ3) is 15.4. The average Bonchev–Trinajstić information content (AvgIpc) is 3.09. The summed E-state index contributed by atoms with van der Waals surface area (Å²) in [6.45, 7) is 12.3. The minimum Gasteiger partial charge on any atom is -0.396 e. The summed E-state index contributed by atoms with van der Waals surface area (Å²) in [6.07, 6.45) is 8.68. The van der Waals surface area contributed by atoms with Crippen molar-refractivity contribution in [1.29, 1.82) is 0 Å². The van der Waals surface area contributed by atoms with Gasteiger partial charge < -0.3 is 52.8 Å². The molecule has 19 nitrogen and oxygen atoms in total. The lowest BCUT2D eigenvalue weighted by Gasteiger charge is -2.34. The third-order valence-electron chi connectivity index (χ3n) is 8.28. The average molecular weight is 827 g/mol. The zero-order chi connectivity index (χ0) is 36.8. The van der Waals surface area contributed by atoms with Crippen molar-refractivity contribution in [3.8, 4) is 0 Å². The molecule has 20 heteroatoms. The van der Waals surface area contributed by atoms with Crippen LogP contribution in [0.5, 0.6) is 0 Å². The second-order valence-electron chi connectivity index (χ2n) is 12.0. The number of nitrogens with zero attached hydrogens (tertiary/aromatic N) is 10. The van der Waals surface area contributed by atoms with Gasteiger partial charge in [0.05, 0.1) is 55.7 Å². The van der Waals surface area contributed by atoms with Crippen LogP contribution in [0.15, 0.2) is 41.7 Å². The smallest absolute Gasteiger partial charge is 0.312 e. The van der Waals surface area contributed by atoms with Gasteiger partial charge in [-0.1, -0.05) is 29.7 Å². The van der Waals surface area contributed by atoms with Gasteiger partial charge >= 0.3 is 11.4 Å². The molecular weight excluding hydrogens is 762 g/mol. The van der Waals surface area contributed by atoms with E-state index in [-0.39, 0.29) is 52.5 Å². The number of nitrogen functional groups attached to an aromatic ring is 4. The van der Waals surface area contributed by atoms with Crippen LogP contribution in [0.1, 0.15) is 29.7 Å². The number of nitrogens with one attached hydrogen (secondary N) is 1. The molecule has 6 rings (SSSR count). The second-order valence-corrected chi connectivity index (χ2v) is 12.8. The minimum absolute atomic E-state index is 0. The van der Waals surface area contributed by atoms with Crippen LogP contribution in [0.25, 0.3) is 0 Å². The summed E-state index contributed by atoms with van der Waals surface area (Å²) in [6, 6.07) is 0. The molecule has 3 aliphatic heterocycles.